The van der Waals surface area contributed by atoms with E-state index in [2.05, 4.69) is 35.2 Å². The van der Waals surface area contributed by atoms with Gasteiger partial charge in [0.05, 0.1) is 0 Å². The van der Waals surface area contributed by atoms with Crippen LogP contribution in [0.15, 0.2) is 67.3 Å². The number of hydrogen-bond acceptors (Lipinski definition) is 7. The molecular formula is C30H39N3O5S2. The SMILES string of the molecule is C=CCOC(=O)N[C@@H](CS)C(=O)N[C@@H](CSCC1CCCCC1)C(=O)NCc1ccc(Oc2ccccc2)cc1. The molecule has 1 aliphatic carbocycles. The quantitative estimate of drug-likeness (QED) is 0.171. The monoisotopic (exact) mass is 585 g/mol. The molecule has 2 aromatic rings. The molecule has 2 aromatic carbocycles. The van der Waals surface area contributed by atoms with Gasteiger partial charge in [0.15, 0.2) is 0 Å². The molecule has 1 saturated carbocycles. The van der Waals surface area contributed by atoms with Crippen LogP contribution in [0.4, 0.5) is 4.79 Å². The van der Waals surface area contributed by atoms with Gasteiger partial charge in [-0.2, -0.15) is 24.4 Å². The van der Waals surface area contributed by atoms with E-state index in [9.17, 15) is 14.4 Å². The third-order valence-electron chi connectivity index (χ3n) is 6.49. The smallest absolute Gasteiger partial charge is 0.408 e. The Bertz CT molecular complexity index is 1080. The number of nitrogens with one attached hydrogen (secondary N) is 3. The third-order valence-corrected chi connectivity index (χ3v) is 8.13. The molecule has 3 N–H and O–H groups in total. The maximum atomic E-state index is 13.2. The van der Waals surface area contributed by atoms with E-state index < -0.39 is 24.1 Å². The highest BCUT2D eigenvalue weighted by Gasteiger charge is 2.27. The molecule has 0 bridgehead atoms. The number of rotatable bonds is 15. The van der Waals surface area contributed by atoms with Gasteiger partial charge in [-0.3, -0.25) is 9.59 Å². The molecule has 3 rings (SSSR count). The average molecular weight is 586 g/mol. The highest BCUT2D eigenvalue weighted by atomic mass is 32.2. The Morgan fingerprint density at radius 2 is 1.65 bits per heavy atom. The summed E-state index contributed by atoms with van der Waals surface area (Å²) in [6, 6.07) is 15.3. The van der Waals surface area contributed by atoms with E-state index in [1.165, 1.54) is 38.2 Å². The summed E-state index contributed by atoms with van der Waals surface area (Å²) in [4.78, 5) is 38.1. The minimum Gasteiger partial charge on any atom is -0.457 e. The molecule has 0 spiro atoms. The number of carbonyl (C=O) groups is 3. The average Bonchev–Trinajstić information content (AvgIpc) is 2.98. The molecule has 10 heteroatoms. The van der Waals surface area contributed by atoms with Crippen LogP contribution in [-0.4, -0.2) is 53.9 Å². The molecule has 2 atom stereocenters. The Hall–Kier alpha value is -3.11. The number of ether oxygens (including phenoxy) is 2. The first-order valence-electron chi connectivity index (χ1n) is 13.6. The van der Waals surface area contributed by atoms with Crippen molar-refractivity contribution < 1.29 is 23.9 Å². The predicted octanol–water partition coefficient (Wildman–Crippen LogP) is 5.10. The molecule has 0 saturated heterocycles. The molecule has 0 aromatic heterocycles. The molecule has 0 heterocycles. The molecule has 0 aliphatic heterocycles. The van der Waals surface area contributed by atoms with Crippen LogP contribution in [0.25, 0.3) is 0 Å². The van der Waals surface area contributed by atoms with E-state index in [1.807, 2.05) is 54.6 Å². The van der Waals surface area contributed by atoms with E-state index in [-0.39, 0.29) is 18.3 Å². The van der Waals surface area contributed by atoms with Gasteiger partial charge in [-0.25, -0.2) is 4.79 Å². The molecular weight excluding hydrogens is 546 g/mol. The van der Waals surface area contributed by atoms with Crippen molar-refractivity contribution in [2.24, 2.45) is 5.92 Å². The summed E-state index contributed by atoms with van der Waals surface area (Å²) in [7, 11) is 0. The maximum absolute atomic E-state index is 13.2. The van der Waals surface area contributed by atoms with Crippen LogP contribution < -0.4 is 20.7 Å². The summed E-state index contributed by atoms with van der Waals surface area (Å²) in [5.74, 6) is 2.73. The molecule has 40 heavy (non-hydrogen) atoms. The van der Waals surface area contributed by atoms with Gasteiger partial charge in [0.1, 0.15) is 30.2 Å². The summed E-state index contributed by atoms with van der Waals surface area (Å²) in [6.07, 6.45) is 6.88. The van der Waals surface area contributed by atoms with Crippen molar-refractivity contribution in [3.63, 3.8) is 0 Å². The molecule has 1 aliphatic rings. The van der Waals surface area contributed by atoms with Crippen molar-refractivity contribution in [1.29, 1.82) is 0 Å². The van der Waals surface area contributed by atoms with Gasteiger partial charge >= 0.3 is 6.09 Å². The van der Waals surface area contributed by atoms with E-state index >= 15 is 0 Å². The highest BCUT2D eigenvalue weighted by molar-refractivity contribution is 7.99. The van der Waals surface area contributed by atoms with Crippen molar-refractivity contribution in [1.82, 2.24) is 16.0 Å². The van der Waals surface area contributed by atoms with Crippen molar-refractivity contribution >= 4 is 42.3 Å². The van der Waals surface area contributed by atoms with Gasteiger partial charge in [0.25, 0.3) is 0 Å². The maximum Gasteiger partial charge on any atom is 0.408 e. The first kappa shape index (κ1) is 31.4. The minimum absolute atomic E-state index is 0.0228. The fourth-order valence-corrected chi connectivity index (χ4v) is 5.82. The number of carbonyl (C=O) groups excluding carboxylic acids is 3. The largest absolute Gasteiger partial charge is 0.457 e. The summed E-state index contributed by atoms with van der Waals surface area (Å²) in [5.41, 5.74) is 0.897. The van der Waals surface area contributed by atoms with Crippen LogP contribution >= 0.6 is 24.4 Å². The number of alkyl carbamates (subject to hydrolysis) is 1. The van der Waals surface area contributed by atoms with Crippen LogP contribution in [0.1, 0.15) is 37.7 Å². The summed E-state index contributed by atoms with van der Waals surface area (Å²) < 4.78 is 10.7. The van der Waals surface area contributed by atoms with E-state index in [4.69, 9.17) is 9.47 Å². The standard InChI is InChI=1S/C30H39N3O5S2/c1-2-17-37-30(36)33-26(19-39)29(35)32-27(21-40-20-23-9-5-3-6-10-23)28(34)31-18-22-13-15-25(16-14-22)38-24-11-7-4-8-12-24/h2,4,7-8,11-16,23,26-27,39H,1,3,5-6,9-10,17-21H2,(H,31,34)(H,32,35)(H,33,36)/t26-,27-/m0/s1. The van der Waals surface area contributed by atoms with Crippen molar-refractivity contribution in [3.05, 3.63) is 72.8 Å². The Labute approximate surface area is 246 Å². The molecule has 216 valence electrons. The second kappa shape index (κ2) is 17.6. The minimum atomic E-state index is -0.948. The Balaban J connectivity index is 1.57. The molecule has 0 unspecified atom stereocenters. The van der Waals surface area contributed by atoms with Gasteiger partial charge in [-0.05, 0) is 54.3 Å². The van der Waals surface area contributed by atoms with Crippen LogP contribution in [0.3, 0.4) is 0 Å². The lowest BCUT2D eigenvalue weighted by molar-refractivity contribution is -0.129. The summed E-state index contributed by atoms with van der Waals surface area (Å²) in [5, 5.41) is 8.23. The molecule has 0 radical (unpaired) electrons. The van der Waals surface area contributed by atoms with Crippen molar-refractivity contribution in [2.45, 2.75) is 50.7 Å². The Morgan fingerprint density at radius 1 is 0.950 bits per heavy atom. The van der Waals surface area contributed by atoms with Gasteiger partial charge in [0, 0.05) is 18.1 Å². The lowest BCUT2D eigenvalue weighted by atomic mass is 9.91. The zero-order valence-corrected chi connectivity index (χ0v) is 24.4. The van der Waals surface area contributed by atoms with Crippen molar-refractivity contribution in [3.8, 4) is 11.5 Å². The molecule has 8 nitrogen and oxygen atoms in total. The second-order valence-electron chi connectivity index (χ2n) is 9.65. The third kappa shape index (κ3) is 11.2. The number of thiol groups is 1. The van der Waals surface area contributed by atoms with Crippen LogP contribution in [0, 0.1) is 5.92 Å². The molecule has 3 amide bonds. The Morgan fingerprint density at radius 3 is 2.33 bits per heavy atom. The van der Waals surface area contributed by atoms with E-state index in [0.717, 1.165) is 17.1 Å². The number of benzene rings is 2. The first-order chi connectivity index (χ1) is 19.5. The number of thioether (sulfide) groups is 1. The number of hydrogen-bond donors (Lipinski definition) is 4. The predicted molar refractivity (Wildman–Crippen MR) is 163 cm³/mol. The topological polar surface area (TPSA) is 106 Å². The van der Waals surface area contributed by atoms with Gasteiger partial charge in [0.2, 0.25) is 11.8 Å². The van der Waals surface area contributed by atoms with E-state index in [1.54, 1.807) is 11.8 Å². The zero-order valence-electron chi connectivity index (χ0n) is 22.7. The number of para-hydroxylation sites is 1. The zero-order chi connectivity index (χ0) is 28.6. The first-order valence-corrected chi connectivity index (χ1v) is 15.4. The normalized spacial score (nSPS) is 14.8. The van der Waals surface area contributed by atoms with Gasteiger partial charge < -0.3 is 25.4 Å². The summed E-state index contributed by atoms with van der Waals surface area (Å²) >= 11 is 5.87. The summed E-state index contributed by atoms with van der Waals surface area (Å²) in [6.45, 7) is 3.82. The van der Waals surface area contributed by atoms with Crippen molar-refractivity contribution in [2.75, 3.05) is 23.9 Å². The highest BCUT2D eigenvalue weighted by Crippen LogP contribution is 2.27. The van der Waals surface area contributed by atoms with E-state index in [0.29, 0.717) is 24.0 Å². The number of amides is 3. The lowest BCUT2D eigenvalue weighted by Gasteiger charge is -2.24. The lowest BCUT2D eigenvalue weighted by Crippen LogP contribution is -2.55. The van der Waals surface area contributed by atoms with Crippen LogP contribution in [0.5, 0.6) is 11.5 Å². The molecule has 1 fully saturated rings. The van der Waals surface area contributed by atoms with Crippen LogP contribution in [0.2, 0.25) is 0 Å². The Kier molecular flexibility index (Phi) is 13.8. The fourth-order valence-electron chi connectivity index (χ4n) is 4.29. The van der Waals surface area contributed by atoms with Gasteiger partial charge in [-0.1, -0.05) is 62.2 Å². The van der Waals surface area contributed by atoms with Gasteiger partial charge in [-0.15, -0.1) is 0 Å². The van der Waals surface area contributed by atoms with Crippen LogP contribution in [-0.2, 0) is 20.9 Å². The fraction of sp³-hybridized carbons (Fsp3) is 0.433. The second-order valence-corrected chi connectivity index (χ2v) is 11.1.